The SMILES string of the molecule is N#CC(C#N)=C(C#N)Nc1cc(-c2ccc(=O)[nH]n2)ccc1NCc1ccccc1. The first-order chi connectivity index (χ1) is 14.6. The third kappa shape index (κ3) is 4.69. The molecule has 1 aromatic heterocycles. The second-order valence-corrected chi connectivity index (χ2v) is 6.12. The Hall–Kier alpha value is -4.87. The molecule has 8 heteroatoms. The maximum absolute atomic E-state index is 11.3. The zero-order chi connectivity index (χ0) is 21.3. The van der Waals surface area contributed by atoms with Crippen LogP contribution in [-0.4, -0.2) is 10.2 Å². The molecule has 0 bridgehead atoms. The Kier molecular flexibility index (Phi) is 6.21. The molecule has 0 saturated carbocycles. The van der Waals surface area contributed by atoms with Crippen LogP contribution in [-0.2, 0) is 6.54 Å². The molecule has 0 atom stereocenters. The van der Waals surface area contributed by atoms with E-state index in [1.807, 2.05) is 42.5 Å². The van der Waals surface area contributed by atoms with Gasteiger partial charge in [-0.2, -0.15) is 20.9 Å². The van der Waals surface area contributed by atoms with Gasteiger partial charge in [0.15, 0.2) is 5.57 Å². The van der Waals surface area contributed by atoms with Crippen LogP contribution < -0.4 is 16.2 Å². The van der Waals surface area contributed by atoms with Crippen molar-refractivity contribution in [1.29, 1.82) is 15.8 Å². The van der Waals surface area contributed by atoms with Crippen molar-refractivity contribution in [2.75, 3.05) is 10.6 Å². The maximum Gasteiger partial charge on any atom is 0.264 e. The van der Waals surface area contributed by atoms with Gasteiger partial charge in [-0.05, 0) is 23.8 Å². The van der Waals surface area contributed by atoms with E-state index in [0.717, 1.165) is 5.56 Å². The molecule has 0 aliphatic rings. The highest BCUT2D eigenvalue weighted by atomic mass is 16.1. The quantitative estimate of drug-likeness (QED) is 0.546. The van der Waals surface area contributed by atoms with Gasteiger partial charge in [0, 0.05) is 18.2 Å². The zero-order valence-electron chi connectivity index (χ0n) is 15.7. The van der Waals surface area contributed by atoms with Gasteiger partial charge in [0.2, 0.25) is 0 Å². The number of H-pyrrole nitrogens is 1. The average Bonchev–Trinajstić information content (AvgIpc) is 2.79. The van der Waals surface area contributed by atoms with Crippen LogP contribution in [0.1, 0.15) is 5.56 Å². The minimum atomic E-state index is -0.320. The van der Waals surface area contributed by atoms with Gasteiger partial charge >= 0.3 is 0 Å². The summed E-state index contributed by atoms with van der Waals surface area (Å²) in [5.41, 5.74) is 2.60. The van der Waals surface area contributed by atoms with Crippen molar-refractivity contribution < 1.29 is 0 Å². The van der Waals surface area contributed by atoms with Crippen molar-refractivity contribution >= 4 is 11.4 Å². The van der Waals surface area contributed by atoms with E-state index in [4.69, 9.17) is 10.5 Å². The van der Waals surface area contributed by atoms with Crippen LogP contribution in [0.15, 0.2) is 76.7 Å². The summed E-state index contributed by atoms with van der Waals surface area (Å²) in [6.07, 6.45) is 0. The zero-order valence-corrected chi connectivity index (χ0v) is 15.7. The highest BCUT2D eigenvalue weighted by Gasteiger charge is 2.12. The Morgan fingerprint density at radius 3 is 2.33 bits per heavy atom. The van der Waals surface area contributed by atoms with Crippen molar-refractivity contribution in [3.63, 3.8) is 0 Å². The monoisotopic (exact) mass is 393 g/mol. The van der Waals surface area contributed by atoms with Crippen LogP contribution in [0, 0.1) is 34.0 Å². The largest absolute Gasteiger partial charge is 0.379 e. The molecule has 1 heterocycles. The molecule has 0 unspecified atom stereocenters. The van der Waals surface area contributed by atoms with Crippen molar-refractivity contribution in [2.45, 2.75) is 6.54 Å². The topological polar surface area (TPSA) is 141 Å². The maximum atomic E-state index is 11.3. The lowest BCUT2D eigenvalue weighted by atomic mass is 10.1. The van der Waals surface area contributed by atoms with E-state index in [1.165, 1.54) is 6.07 Å². The summed E-state index contributed by atoms with van der Waals surface area (Å²) in [5, 5.41) is 40.1. The molecule has 144 valence electrons. The van der Waals surface area contributed by atoms with E-state index in [9.17, 15) is 10.1 Å². The first kappa shape index (κ1) is 19.9. The number of nitrogens with zero attached hydrogens (tertiary/aromatic N) is 4. The number of anilines is 2. The molecule has 30 heavy (non-hydrogen) atoms. The molecule has 0 aliphatic carbocycles. The highest BCUT2D eigenvalue weighted by Crippen LogP contribution is 2.29. The van der Waals surface area contributed by atoms with Crippen molar-refractivity contribution in [3.8, 4) is 29.5 Å². The van der Waals surface area contributed by atoms with E-state index in [-0.39, 0.29) is 16.8 Å². The Labute approximate surface area is 172 Å². The Balaban J connectivity index is 2.01. The highest BCUT2D eigenvalue weighted by molar-refractivity contribution is 5.78. The predicted octanol–water partition coefficient (Wildman–Crippen LogP) is 3.29. The fourth-order valence-electron chi connectivity index (χ4n) is 2.68. The molecule has 3 aromatic rings. The van der Waals surface area contributed by atoms with Crippen molar-refractivity contribution in [1.82, 2.24) is 10.2 Å². The summed E-state index contributed by atoms with van der Waals surface area (Å²) >= 11 is 0. The van der Waals surface area contributed by atoms with Crippen LogP contribution in [0.2, 0.25) is 0 Å². The number of aromatic nitrogens is 2. The second kappa shape index (κ2) is 9.36. The molecule has 2 aromatic carbocycles. The Morgan fingerprint density at radius 1 is 0.933 bits per heavy atom. The summed E-state index contributed by atoms with van der Waals surface area (Å²) in [5.74, 6) is 0. The van der Waals surface area contributed by atoms with Gasteiger partial charge in [-0.15, -0.1) is 0 Å². The fraction of sp³-hybridized carbons (Fsp3) is 0.0455. The molecular formula is C22H15N7O. The number of benzene rings is 2. The van der Waals surface area contributed by atoms with Gasteiger partial charge in [-0.1, -0.05) is 36.4 Å². The summed E-state index contributed by atoms with van der Waals surface area (Å²) < 4.78 is 0. The minimum absolute atomic E-state index is 0.158. The lowest BCUT2D eigenvalue weighted by Gasteiger charge is -2.15. The normalized spacial score (nSPS) is 9.50. The number of aromatic amines is 1. The smallest absolute Gasteiger partial charge is 0.264 e. The minimum Gasteiger partial charge on any atom is -0.379 e. The lowest BCUT2D eigenvalue weighted by Crippen LogP contribution is -2.08. The van der Waals surface area contributed by atoms with Gasteiger partial charge in [-0.3, -0.25) is 4.79 Å². The van der Waals surface area contributed by atoms with Crippen LogP contribution in [0.25, 0.3) is 11.3 Å². The fourth-order valence-corrected chi connectivity index (χ4v) is 2.68. The van der Waals surface area contributed by atoms with Crippen LogP contribution in [0.5, 0.6) is 0 Å². The summed E-state index contributed by atoms with van der Waals surface area (Å²) in [6.45, 7) is 0.529. The molecule has 0 aliphatic heterocycles. The molecule has 0 amide bonds. The van der Waals surface area contributed by atoms with Crippen LogP contribution in [0.4, 0.5) is 11.4 Å². The Morgan fingerprint density at radius 2 is 1.70 bits per heavy atom. The molecule has 3 rings (SSSR count). The lowest BCUT2D eigenvalue weighted by molar-refractivity contribution is 0.995. The van der Waals surface area contributed by atoms with Gasteiger partial charge in [0.1, 0.15) is 23.9 Å². The van der Waals surface area contributed by atoms with E-state index < -0.39 is 0 Å². The van der Waals surface area contributed by atoms with Gasteiger partial charge < -0.3 is 10.6 Å². The van der Waals surface area contributed by atoms with E-state index in [2.05, 4.69) is 20.8 Å². The van der Waals surface area contributed by atoms with E-state index >= 15 is 0 Å². The summed E-state index contributed by atoms with van der Waals surface area (Å²) in [6, 6.07) is 23.3. The first-order valence-corrected chi connectivity index (χ1v) is 8.84. The number of hydrogen-bond acceptors (Lipinski definition) is 7. The average molecular weight is 393 g/mol. The van der Waals surface area contributed by atoms with Crippen molar-refractivity contribution in [2.24, 2.45) is 0 Å². The number of nitriles is 3. The number of rotatable bonds is 6. The van der Waals surface area contributed by atoms with Crippen molar-refractivity contribution in [3.05, 3.63) is 87.9 Å². The summed E-state index contributed by atoms with van der Waals surface area (Å²) in [4.78, 5) is 11.3. The third-order valence-corrected chi connectivity index (χ3v) is 4.17. The standard InChI is InChI=1S/C22H15N7O/c23-11-17(12-24)21(13-25)27-20-10-16(18-8-9-22(30)29-28-18)6-7-19(20)26-14-15-4-2-1-3-5-15/h1-10,26-27H,14H2,(H,29,30). The van der Waals surface area contributed by atoms with E-state index in [1.54, 1.807) is 30.3 Å². The molecule has 0 radical (unpaired) electrons. The molecule has 3 N–H and O–H groups in total. The van der Waals surface area contributed by atoms with Gasteiger partial charge in [0.25, 0.3) is 5.56 Å². The molecule has 0 saturated heterocycles. The van der Waals surface area contributed by atoms with E-state index in [0.29, 0.717) is 29.2 Å². The number of nitrogens with one attached hydrogen (secondary N) is 3. The molecule has 0 fully saturated rings. The van der Waals surface area contributed by atoms with Gasteiger partial charge in [0.05, 0.1) is 17.1 Å². The molecular weight excluding hydrogens is 378 g/mol. The number of allylic oxidation sites excluding steroid dienone is 2. The molecule has 0 spiro atoms. The second-order valence-electron chi connectivity index (χ2n) is 6.12. The molecule has 8 nitrogen and oxygen atoms in total. The van der Waals surface area contributed by atoms with Crippen LogP contribution in [0.3, 0.4) is 0 Å². The number of hydrogen-bond donors (Lipinski definition) is 3. The van der Waals surface area contributed by atoms with Crippen LogP contribution >= 0.6 is 0 Å². The van der Waals surface area contributed by atoms with Gasteiger partial charge in [-0.25, -0.2) is 5.10 Å². The first-order valence-electron chi connectivity index (χ1n) is 8.84. The third-order valence-electron chi connectivity index (χ3n) is 4.17. The Bertz CT molecular complexity index is 1240. The summed E-state index contributed by atoms with van der Waals surface area (Å²) in [7, 11) is 0. The predicted molar refractivity (Wildman–Crippen MR) is 112 cm³/mol.